The lowest BCUT2D eigenvalue weighted by molar-refractivity contribution is -0.0777. The summed E-state index contributed by atoms with van der Waals surface area (Å²) in [5, 5.41) is 4.84. The minimum absolute atomic E-state index is 0.251. The van der Waals surface area contributed by atoms with Crippen molar-refractivity contribution in [3.63, 3.8) is 0 Å². The molecule has 1 saturated heterocycles. The number of amides is 2. The van der Waals surface area contributed by atoms with E-state index in [-0.39, 0.29) is 5.56 Å². The predicted octanol–water partition coefficient (Wildman–Crippen LogP) is 4.37. The smallest absolute Gasteiger partial charge is 0.267 e. The van der Waals surface area contributed by atoms with Gasteiger partial charge in [-0.25, -0.2) is 4.90 Å². The Balaban J connectivity index is 1.71. The van der Waals surface area contributed by atoms with Crippen LogP contribution in [0.5, 0.6) is 17.2 Å². The lowest BCUT2D eigenvalue weighted by Gasteiger charge is -2.48. The monoisotopic (exact) mass is 510 g/mol. The van der Waals surface area contributed by atoms with Crippen molar-refractivity contribution in [1.82, 2.24) is 10.2 Å². The van der Waals surface area contributed by atoms with E-state index in [0.29, 0.717) is 48.7 Å². The first-order valence-electron chi connectivity index (χ1n) is 10.7. The molecule has 2 heterocycles. The Bertz CT molecular complexity index is 1270. The molecule has 7 nitrogen and oxygen atoms in total. The van der Waals surface area contributed by atoms with Gasteiger partial charge in [0, 0.05) is 41.2 Å². The van der Waals surface area contributed by atoms with Gasteiger partial charge in [0.05, 0.1) is 25.3 Å². The molecule has 0 aromatic heterocycles. The number of nitrogens with zero attached hydrogens (tertiary/aromatic N) is 1. The lowest BCUT2D eigenvalue weighted by Crippen LogP contribution is -2.64. The molecular formula is C25H23BrN2O5. The number of hydrogen-bond donors (Lipinski definition) is 1. The fourth-order valence-electron chi connectivity index (χ4n) is 4.72. The van der Waals surface area contributed by atoms with Gasteiger partial charge in [-0.3, -0.25) is 9.59 Å². The van der Waals surface area contributed by atoms with Crippen molar-refractivity contribution in [2.75, 3.05) is 27.3 Å². The SMILES string of the molecule is COc1cc(C(=O)N2C(=O)c3cc(Br)ccc3OC23CCNCC3)c(OC)c2ccccc12. The summed E-state index contributed by atoms with van der Waals surface area (Å²) in [5.74, 6) is 0.542. The van der Waals surface area contributed by atoms with E-state index in [2.05, 4.69) is 21.2 Å². The van der Waals surface area contributed by atoms with Crippen molar-refractivity contribution in [2.45, 2.75) is 18.6 Å². The number of halogens is 1. The van der Waals surface area contributed by atoms with Gasteiger partial charge in [0.15, 0.2) is 5.72 Å². The van der Waals surface area contributed by atoms with E-state index < -0.39 is 17.5 Å². The minimum Gasteiger partial charge on any atom is -0.496 e. The fraction of sp³-hybridized carbons (Fsp3) is 0.280. The van der Waals surface area contributed by atoms with Gasteiger partial charge in [0.2, 0.25) is 0 Å². The molecule has 3 aromatic carbocycles. The van der Waals surface area contributed by atoms with Gasteiger partial charge in [-0.05, 0) is 24.3 Å². The second kappa shape index (κ2) is 8.35. The highest BCUT2D eigenvalue weighted by atomic mass is 79.9. The minimum atomic E-state index is -1.08. The van der Waals surface area contributed by atoms with Crippen molar-refractivity contribution in [3.05, 3.63) is 64.1 Å². The van der Waals surface area contributed by atoms with E-state index in [4.69, 9.17) is 14.2 Å². The van der Waals surface area contributed by atoms with Gasteiger partial charge < -0.3 is 19.5 Å². The Morgan fingerprint density at radius 1 is 1.06 bits per heavy atom. The molecule has 0 radical (unpaired) electrons. The molecular weight excluding hydrogens is 488 g/mol. The van der Waals surface area contributed by atoms with Crippen molar-refractivity contribution in [2.24, 2.45) is 0 Å². The molecule has 33 heavy (non-hydrogen) atoms. The molecule has 1 fully saturated rings. The number of benzene rings is 3. The average molecular weight is 511 g/mol. The molecule has 0 aliphatic carbocycles. The van der Waals surface area contributed by atoms with Crippen LogP contribution in [-0.2, 0) is 0 Å². The average Bonchev–Trinajstić information content (AvgIpc) is 2.84. The van der Waals surface area contributed by atoms with Gasteiger partial charge in [-0.15, -0.1) is 0 Å². The van der Waals surface area contributed by atoms with Crippen LogP contribution in [0, 0.1) is 0 Å². The zero-order valence-electron chi connectivity index (χ0n) is 18.3. The van der Waals surface area contributed by atoms with E-state index in [9.17, 15) is 9.59 Å². The molecule has 3 aromatic rings. The zero-order chi connectivity index (χ0) is 23.2. The molecule has 0 saturated carbocycles. The topological polar surface area (TPSA) is 77.1 Å². The number of nitrogens with one attached hydrogen (secondary N) is 1. The first-order chi connectivity index (χ1) is 16.0. The number of carbonyl (C=O) groups is 2. The highest BCUT2D eigenvalue weighted by molar-refractivity contribution is 9.10. The van der Waals surface area contributed by atoms with Crippen LogP contribution >= 0.6 is 15.9 Å². The molecule has 5 rings (SSSR count). The molecule has 2 aliphatic heterocycles. The Morgan fingerprint density at radius 2 is 1.79 bits per heavy atom. The van der Waals surface area contributed by atoms with Crippen molar-refractivity contribution < 1.29 is 23.8 Å². The third kappa shape index (κ3) is 3.45. The molecule has 0 atom stereocenters. The quantitative estimate of drug-likeness (QED) is 0.527. The summed E-state index contributed by atoms with van der Waals surface area (Å²) in [4.78, 5) is 29.2. The van der Waals surface area contributed by atoms with Crippen LogP contribution in [0.2, 0.25) is 0 Å². The summed E-state index contributed by atoms with van der Waals surface area (Å²) in [7, 11) is 3.08. The van der Waals surface area contributed by atoms with Gasteiger partial charge in [-0.1, -0.05) is 40.2 Å². The van der Waals surface area contributed by atoms with Crippen LogP contribution in [-0.4, -0.2) is 49.7 Å². The zero-order valence-corrected chi connectivity index (χ0v) is 19.9. The maximum Gasteiger partial charge on any atom is 0.267 e. The predicted molar refractivity (Wildman–Crippen MR) is 127 cm³/mol. The molecule has 0 bridgehead atoms. The number of fused-ring (bicyclic) bond motifs is 2. The van der Waals surface area contributed by atoms with Gasteiger partial charge in [0.25, 0.3) is 11.8 Å². The third-order valence-corrected chi connectivity index (χ3v) is 6.78. The summed E-state index contributed by atoms with van der Waals surface area (Å²) in [6, 6.07) is 14.5. The summed E-state index contributed by atoms with van der Waals surface area (Å²) in [6.45, 7) is 1.25. The van der Waals surface area contributed by atoms with E-state index >= 15 is 0 Å². The first-order valence-corrected chi connectivity index (χ1v) is 11.5. The normalized spacial score (nSPS) is 16.9. The second-order valence-electron chi connectivity index (χ2n) is 8.09. The van der Waals surface area contributed by atoms with Crippen molar-refractivity contribution >= 4 is 38.5 Å². The second-order valence-corrected chi connectivity index (χ2v) is 9.01. The standard InChI is InChI=1S/C25H23BrN2O5/c1-31-21-14-19(22(32-2)17-6-4-3-5-16(17)21)24(30)28-23(29)18-13-15(26)7-8-20(18)33-25(28)9-11-27-12-10-25/h3-8,13-14,27H,9-12H2,1-2H3. The maximum atomic E-state index is 14.1. The number of rotatable bonds is 3. The number of ether oxygens (including phenoxy) is 3. The first kappa shape index (κ1) is 21.7. The number of hydrogen-bond acceptors (Lipinski definition) is 6. The lowest BCUT2D eigenvalue weighted by atomic mass is 9.93. The van der Waals surface area contributed by atoms with E-state index in [0.717, 1.165) is 15.2 Å². The number of carbonyl (C=O) groups excluding carboxylic acids is 2. The molecule has 1 N–H and O–H groups in total. The fourth-order valence-corrected chi connectivity index (χ4v) is 5.08. The maximum absolute atomic E-state index is 14.1. The van der Waals surface area contributed by atoms with Crippen LogP contribution in [0.1, 0.15) is 33.6 Å². The van der Waals surface area contributed by atoms with E-state index in [1.54, 1.807) is 25.3 Å². The highest BCUT2D eigenvalue weighted by Gasteiger charge is 2.51. The molecule has 2 aliphatic rings. The van der Waals surface area contributed by atoms with E-state index in [1.165, 1.54) is 12.0 Å². The van der Waals surface area contributed by atoms with Crippen LogP contribution in [0.3, 0.4) is 0 Å². The number of imide groups is 1. The third-order valence-electron chi connectivity index (χ3n) is 6.28. The van der Waals surface area contributed by atoms with Crippen LogP contribution in [0.15, 0.2) is 53.0 Å². The highest BCUT2D eigenvalue weighted by Crippen LogP contribution is 2.43. The summed E-state index contributed by atoms with van der Waals surface area (Å²) in [5.41, 5.74) is -0.487. The molecule has 8 heteroatoms. The number of piperidine rings is 1. The van der Waals surface area contributed by atoms with Crippen molar-refractivity contribution in [3.8, 4) is 17.2 Å². The number of methoxy groups -OCH3 is 2. The largest absolute Gasteiger partial charge is 0.496 e. The van der Waals surface area contributed by atoms with Crippen LogP contribution < -0.4 is 19.5 Å². The molecule has 0 unspecified atom stereocenters. The van der Waals surface area contributed by atoms with Crippen molar-refractivity contribution in [1.29, 1.82) is 0 Å². The Hall–Kier alpha value is -3.10. The van der Waals surface area contributed by atoms with Gasteiger partial charge in [-0.2, -0.15) is 0 Å². The summed E-state index contributed by atoms with van der Waals surface area (Å²) >= 11 is 3.42. The molecule has 2 amide bonds. The van der Waals surface area contributed by atoms with E-state index in [1.807, 2.05) is 30.3 Å². The summed E-state index contributed by atoms with van der Waals surface area (Å²) < 4.78 is 18.4. The Labute approximate surface area is 199 Å². The molecule has 1 spiro atoms. The summed E-state index contributed by atoms with van der Waals surface area (Å²) in [6.07, 6.45) is 0.958. The van der Waals surface area contributed by atoms with Gasteiger partial charge >= 0.3 is 0 Å². The Kier molecular flexibility index (Phi) is 5.50. The van der Waals surface area contributed by atoms with Crippen LogP contribution in [0.4, 0.5) is 0 Å². The Morgan fingerprint density at radius 3 is 2.48 bits per heavy atom. The van der Waals surface area contributed by atoms with Crippen LogP contribution in [0.25, 0.3) is 10.8 Å². The molecule has 170 valence electrons. The van der Waals surface area contributed by atoms with Gasteiger partial charge in [0.1, 0.15) is 17.2 Å².